The number of aromatic nitrogens is 2. The lowest BCUT2D eigenvalue weighted by Crippen LogP contribution is -2.02. The van der Waals surface area contributed by atoms with E-state index in [1.807, 2.05) is 38.1 Å². The van der Waals surface area contributed by atoms with Crippen molar-refractivity contribution in [3.05, 3.63) is 41.1 Å². The Morgan fingerprint density at radius 2 is 2.00 bits per heavy atom. The Labute approximate surface area is 100 Å². The Balaban J connectivity index is 2.64. The summed E-state index contributed by atoms with van der Waals surface area (Å²) < 4.78 is 7.07. The first-order valence-electron chi connectivity index (χ1n) is 5.48. The number of aliphatic hydroxyl groups is 1. The van der Waals surface area contributed by atoms with Gasteiger partial charge >= 0.3 is 0 Å². The second-order valence-electron chi connectivity index (χ2n) is 3.93. The zero-order chi connectivity index (χ0) is 12.4. The van der Waals surface area contributed by atoms with E-state index >= 15 is 0 Å². The summed E-state index contributed by atoms with van der Waals surface area (Å²) in [4.78, 5) is 0. The molecule has 0 saturated heterocycles. The van der Waals surface area contributed by atoms with E-state index in [4.69, 9.17) is 4.74 Å². The highest BCUT2D eigenvalue weighted by molar-refractivity contribution is 5.45. The van der Waals surface area contributed by atoms with Crippen LogP contribution in [0.15, 0.2) is 24.3 Å². The van der Waals surface area contributed by atoms with Gasteiger partial charge in [-0.1, -0.05) is 18.2 Å². The lowest BCUT2D eigenvalue weighted by atomic mass is 10.2. The number of hydrogen-bond acceptors (Lipinski definition) is 3. The number of aliphatic hydroxyl groups excluding tert-OH is 1. The largest absolute Gasteiger partial charge is 0.481 e. The van der Waals surface area contributed by atoms with Gasteiger partial charge < -0.3 is 9.84 Å². The molecule has 0 spiro atoms. The third kappa shape index (κ3) is 1.91. The number of ether oxygens (including phenoxy) is 1. The van der Waals surface area contributed by atoms with Crippen molar-refractivity contribution < 1.29 is 9.84 Å². The number of methoxy groups -OCH3 is 1. The van der Waals surface area contributed by atoms with Crippen molar-refractivity contribution >= 4 is 0 Å². The van der Waals surface area contributed by atoms with Crippen LogP contribution >= 0.6 is 0 Å². The van der Waals surface area contributed by atoms with Gasteiger partial charge in [-0.3, -0.25) is 0 Å². The van der Waals surface area contributed by atoms with Crippen LogP contribution in [0, 0.1) is 13.8 Å². The van der Waals surface area contributed by atoms with E-state index in [0.717, 1.165) is 22.5 Å². The van der Waals surface area contributed by atoms with Crippen LogP contribution in [0.2, 0.25) is 0 Å². The second-order valence-corrected chi connectivity index (χ2v) is 3.93. The van der Waals surface area contributed by atoms with Crippen LogP contribution in [0.1, 0.15) is 16.8 Å². The lowest BCUT2D eigenvalue weighted by Gasteiger charge is -2.09. The number of nitrogens with zero attached hydrogens (tertiary/aromatic N) is 2. The Hall–Kier alpha value is -1.81. The predicted octanol–water partition coefficient (Wildman–Crippen LogP) is 1.99. The van der Waals surface area contributed by atoms with E-state index in [1.54, 1.807) is 11.8 Å². The summed E-state index contributed by atoms with van der Waals surface area (Å²) in [6, 6.07) is 7.93. The predicted molar refractivity (Wildman–Crippen MR) is 65.5 cm³/mol. The van der Waals surface area contributed by atoms with Crippen molar-refractivity contribution in [3.8, 4) is 11.6 Å². The average molecular weight is 232 g/mol. The smallest absolute Gasteiger partial charge is 0.222 e. The highest BCUT2D eigenvalue weighted by atomic mass is 16.5. The fraction of sp³-hybridized carbons (Fsp3) is 0.308. The second kappa shape index (κ2) is 4.59. The zero-order valence-corrected chi connectivity index (χ0v) is 10.3. The summed E-state index contributed by atoms with van der Waals surface area (Å²) >= 11 is 0. The number of rotatable bonds is 3. The first-order valence-corrected chi connectivity index (χ1v) is 5.48. The Morgan fingerprint density at radius 1 is 1.29 bits per heavy atom. The minimum Gasteiger partial charge on any atom is -0.481 e. The molecule has 17 heavy (non-hydrogen) atoms. The van der Waals surface area contributed by atoms with Crippen LogP contribution in [0.3, 0.4) is 0 Å². The standard InChI is InChI=1S/C13H16N2O2/c1-9-6-4-5-7-12(9)15-13(17-3)11(8-16)10(2)14-15/h4-7,16H,8H2,1-3H3. The van der Waals surface area contributed by atoms with E-state index in [9.17, 15) is 5.11 Å². The molecule has 0 amide bonds. The molecule has 90 valence electrons. The number of aryl methyl sites for hydroxylation is 2. The maximum atomic E-state index is 9.33. The van der Waals surface area contributed by atoms with Gasteiger partial charge in [0.25, 0.3) is 0 Å². The SMILES string of the molecule is COc1c(CO)c(C)nn1-c1ccccc1C. The van der Waals surface area contributed by atoms with E-state index in [0.29, 0.717) is 5.88 Å². The topological polar surface area (TPSA) is 47.3 Å². The van der Waals surface area contributed by atoms with Crippen LogP contribution in [-0.4, -0.2) is 22.0 Å². The van der Waals surface area contributed by atoms with Crippen LogP contribution in [-0.2, 0) is 6.61 Å². The van der Waals surface area contributed by atoms with E-state index in [2.05, 4.69) is 5.10 Å². The molecular formula is C13H16N2O2. The summed E-state index contributed by atoms with van der Waals surface area (Å²) in [6.45, 7) is 3.81. The molecule has 0 aliphatic heterocycles. The maximum absolute atomic E-state index is 9.33. The molecule has 1 aromatic carbocycles. The maximum Gasteiger partial charge on any atom is 0.222 e. The lowest BCUT2D eigenvalue weighted by molar-refractivity contribution is 0.271. The molecule has 1 heterocycles. The molecule has 4 heteroatoms. The molecule has 0 saturated carbocycles. The van der Waals surface area contributed by atoms with E-state index < -0.39 is 0 Å². The van der Waals surface area contributed by atoms with Gasteiger partial charge in [-0.05, 0) is 25.5 Å². The van der Waals surface area contributed by atoms with Crippen molar-refractivity contribution in [2.75, 3.05) is 7.11 Å². The van der Waals surface area contributed by atoms with Crippen LogP contribution in [0.4, 0.5) is 0 Å². The highest BCUT2D eigenvalue weighted by Gasteiger charge is 2.16. The molecule has 0 bridgehead atoms. The molecular weight excluding hydrogens is 216 g/mol. The van der Waals surface area contributed by atoms with Gasteiger partial charge in [0, 0.05) is 0 Å². The average Bonchev–Trinajstić information content (AvgIpc) is 2.65. The van der Waals surface area contributed by atoms with Crippen molar-refractivity contribution in [3.63, 3.8) is 0 Å². The van der Waals surface area contributed by atoms with Crippen LogP contribution in [0.25, 0.3) is 5.69 Å². The monoisotopic (exact) mass is 232 g/mol. The minimum absolute atomic E-state index is 0.0686. The summed E-state index contributed by atoms with van der Waals surface area (Å²) in [5, 5.41) is 13.7. The van der Waals surface area contributed by atoms with Crippen molar-refractivity contribution in [2.45, 2.75) is 20.5 Å². The van der Waals surface area contributed by atoms with Crippen molar-refractivity contribution in [1.29, 1.82) is 0 Å². The summed E-state index contributed by atoms with van der Waals surface area (Å²) in [5.41, 5.74) is 3.59. The fourth-order valence-corrected chi connectivity index (χ4v) is 1.89. The molecule has 0 aliphatic carbocycles. The Bertz CT molecular complexity index is 532. The molecule has 0 unspecified atom stereocenters. The molecule has 4 nitrogen and oxygen atoms in total. The molecule has 0 fully saturated rings. The van der Waals surface area contributed by atoms with E-state index in [1.165, 1.54) is 0 Å². The minimum atomic E-state index is -0.0686. The van der Waals surface area contributed by atoms with Gasteiger partial charge in [0.05, 0.1) is 30.7 Å². The summed E-state index contributed by atoms with van der Waals surface area (Å²) in [6.07, 6.45) is 0. The van der Waals surface area contributed by atoms with Gasteiger partial charge in [0.1, 0.15) is 0 Å². The molecule has 2 aromatic rings. The highest BCUT2D eigenvalue weighted by Crippen LogP contribution is 2.26. The van der Waals surface area contributed by atoms with Crippen molar-refractivity contribution in [1.82, 2.24) is 9.78 Å². The molecule has 1 aromatic heterocycles. The Morgan fingerprint density at radius 3 is 2.59 bits per heavy atom. The van der Waals surface area contributed by atoms with Gasteiger partial charge in [-0.25, -0.2) is 4.68 Å². The molecule has 1 N–H and O–H groups in total. The Kier molecular flexibility index (Phi) is 3.15. The van der Waals surface area contributed by atoms with Gasteiger partial charge in [0.2, 0.25) is 5.88 Å². The number of hydrogen-bond donors (Lipinski definition) is 1. The third-order valence-corrected chi connectivity index (χ3v) is 2.83. The number of para-hydroxylation sites is 1. The van der Waals surface area contributed by atoms with Gasteiger partial charge in [-0.2, -0.15) is 5.10 Å². The summed E-state index contributed by atoms with van der Waals surface area (Å²) in [7, 11) is 1.59. The molecule has 0 aliphatic rings. The van der Waals surface area contributed by atoms with E-state index in [-0.39, 0.29) is 6.61 Å². The fourth-order valence-electron chi connectivity index (χ4n) is 1.89. The quantitative estimate of drug-likeness (QED) is 0.880. The van der Waals surface area contributed by atoms with Gasteiger partial charge in [-0.15, -0.1) is 0 Å². The summed E-state index contributed by atoms with van der Waals surface area (Å²) in [5.74, 6) is 0.597. The normalized spacial score (nSPS) is 10.6. The van der Waals surface area contributed by atoms with Crippen molar-refractivity contribution in [2.24, 2.45) is 0 Å². The molecule has 0 atom stereocenters. The molecule has 0 radical (unpaired) electrons. The first-order chi connectivity index (χ1) is 8.19. The number of benzene rings is 1. The first kappa shape index (κ1) is 11.7. The van der Waals surface area contributed by atoms with Crippen LogP contribution < -0.4 is 4.74 Å². The van der Waals surface area contributed by atoms with Gasteiger partial charge in [0.15, 0.2) is 0 Å². The third-order valence-electron chi connectivity index (χ3n) is 2.83. The zero-order valence-electron chi connectivity index (χ0n) is 10.3. The van der Waals surface area contributed by atoms with Crippen LogP contribution in [0.5, 0.6) is 5.88 Å². The molecule has 2 rings (SSSR count).